The Kier molecular flexibility index (Phi) is 3.34. The molecular weight excluding hydrogens is 218 g/mol. The third-order valence-corrected chi connectivity index (χ3v) is 2.51. The SMILES string of the molecule is CCN(C)c1noc(-c2ccc(CN)cn2)n1. The molecule has 0 aliphatic heterocycles. The highest BCUT2D eigenvalue weighted by atomic mass is 16.5. The highest BCUT2D eigenvalue weighted by molar-refractivity contribution is 5.48. The van der Waals surface area contributed by atoms with Gasteiger partial charge in [0.15, 0.2) is 0 Å². The maximum absolute atomic E-state index is 5.50. The number of hydrogen-bond donors (Lipinski definition) is 1. The minimum Gasteiger partial charge on any atom is -0.342 e. The van der Waals surface area contributed by atoms with Gasteiger partial charge in [-0.3, -0.25) is 4.98 Å². The van der Waals surface area contributed by atoms with Gasteiger partial charge in [-0.25, -0.2) is 0 Å². The summed E-state index contributed by atoms with van der Waals surface area (Å²) in [7, 11) is 1.90. The van der Waals surface area contributed by atoms with Crippen LogP contribution in [0.15, 0.2) is 22.9 Å². The number of pyridine rings is 1. The fourth-order valence-corrected chi connectivity index (χ4v) is 1.29. The Morgan fingerprint density at radius 3 is 2.82 bits per heavy atom. The summed E-state index contributed by atoms with van der Waals surface area (Å²) >= 11 is 0. The maximum atomic E-state index is 5.50. The second-order valence-electron chi connectivity index (χ2n) is 3.67. The van der Waals surface area contributed by atoms with E-state index in [0.29, 0.717) is 24.1 Å². The summed E-state index contributed by atoms with van der Waals surface area (Å²) in [6, 6.07) is 3.72. The van der Waals surface area contributed by atoms with Crippen LogP contribution in [0.2, 0.25) is 0 Å². The average Bonchev–Trinajstić information content (AvgIpc) is 2.87. The lowest BCUT2D eigenvalue weighted by molar-refractivity contribution is 0.429. The molecule has 0 aromatic carbocycles. The van der Waals surface area contributed by atoms with Crippen LogP contribution in [-0.2, 0) is 6.54 Å². The van der Waals surface area contributed by atoms with Crippen LogP contribution in [0.3, 0.4) is 0 Å². The van der Waals surface area contributed by atoms with Gasteiger partial charge in [-0.15, -0.1) is 0 Å². The summed E-state index contributed by atoms with van der Waals surface area (Å²) in [4.78, 5) is 10.4. The largest absolute Gasteiger partial charge is 0.342 e. The lowest BCUT2D eigenvalue weighted by atomic mass is 10.2. The van der Waals surface area contributed by atoms with Crippen LogP contribution in [0.5, 0.6) is 0 Å². The Labute approximate surface area is 99.5 Å². The van der Waals surface area contributed by atoms with E-state index in [2.05, 4.69) is 15.1 Å². The van der Waals surface area contributed by atoms with Crippen LogP contribution >= 0.6 is 0 Å². The van der Waals surface area contributed by atoms with Crippen molar-refractivity contribution < 1.29 is 4.52 Å². The van der Waals surface area contributed by atoms with E-state index in [4.69, 9.17) is 10.3 Å². The summed E-state index contributed by atoms with van der Waals surface area (Å²) in [6.07, 6.45) is 1.71. The first-order valence-electron chi connectivity index (χ1n) is 5.44. The van der Waals surface area contributed by atoms with Crippen molar-refractivity contribution in [2.45, 2.75) is 13.5 Å². The second-order valence-corrected chi connectivity index (χ2v) is 3.67. The monoisotopic (exact) mass is 233 g/mol. The molecule has 0 amide bonds. The highest BCUT2D eigenvalue weighted by Crippen LogP contribution is 2.17. The first kappa shape index (κ1) is 11.5. The Morgan fingerprint density at radius 2 is 2.24 bits per heavy atom. The van der Waals surface area contributed by atoms with Crippen molar-refractivity contribution in [2.75, 3.05) is 18.5 Å². The molecule has 2 N–H and O–H groups in total. The van der Waals surface area contributed by atoms with Crippen molar-refractivity contribution in [1.82, 2.24) is 15.1 Å². The van der Waals surface area contributed by atoms with Crippen molar-refractivity contribution in [3.8, 4) is 11.6 Å². The second kappa shape index (κ2) is 4.92. The first-order chi connectivity index (χ1) is 8.24. The van der Waals surface area contributed by atoms with Crippen LogP contribution in [-0.4, -0.2) is 28.7 Å². The Balaban J connectivity index is 2.24. The molecule has 6 heteroatoms. The molecule has 2 heterocycles. The smallest absolute Gasteiger partial charge is 0.278 e. The Hall–Kier alpha value is -1.95. The third-order valence-electron chi connectivity index (χ3n) is 2.51. The summed E-state index contributed by atoms with van der Waals surface area (Å²) < 4.78 is 5.15. The van der Waals surface area contributed by atoms with Crippen molar-refractivity contribution in [1.29, 1.82) is 0 Å². The summed E-state index contributed by atoms with van der Waals surface area (Å²) in [5.74, 6) is 0.982. The number of aromatic nitrogens is 3. The molecule has 2 rings (SSSR count). The van der Waals surface area contributed by atoms with Gasteiger partial charge in [0.1, 0.15) is 5.69 Å². The van der Waals surface area contributed by atoms with E-state index in [1.54, 1.807) is 6.20 Å². The summed E-state index contributed by atoms with van der Waals surface area (Å²) in [6.45, 7) is 3.31. The predicted molar refractivity (Wildman–Crippen MR) is 64.4 cm³/mol. The number of nitrogens with zero attached hydrogens (tertiary/aromatic N) is 4. The number of nitrogens with two attached hydrogens (primary N) is 1. The van der Waals surface area contributed by atoms with E-state index in [1.165, 1.54) is 0 Å². The Bertz CT molecular complexity index is 479. The van der Waals surface area contributed by atoms with Crippen LogP contribution in [0, 0.1) is 0 Å². The molecule has 0 saturated carbocycles. The standard InChI is InChI=1S/C11H15N5O/c1-3-16(2)11-14-10(17-15-11)9-5-4-8(6-12)7-13-9/h4-5,7H,3,6,12H2,1-2H3. The molecule has 6 nitrogen and oxygen atoms in total. The van der Waals surface area contributed by atoms with Gasteiger partial charge in [0.05, 0.1) is 0 Å². The fourth-order valence-electron chi connectivity index (χ4n) is 1.29. The van der Waals surface area contributed by atoms with Gasteiger partial charge in [0.2, 0.25) is 0 Å². The van der Waals surface area contributed by atoms with Crippen LogP contribution in [0.1, 0.15) is 12.5 Å². The van der Waals surface area contributed by atoms with E-state index >= 15 is 0 Å². The molecule has 0 unspecified atom stereocenters. The van der Waals surface area contributed by atoms with Gasteiger partial charge in [0, 0.05) is 26.3 Å². The molecule has 2 aromatic heterocycles. The molecule has 0 fully saturated rings. The molecular formula is C11H15N5O. The quantitative estimate of drug-likeness (QED) is 0.850. The zero-order valence-electron chi connectivity index (χ0n) is 9.92. The lowest BCUT2D eigenvalue weighted by Crippen LogP contribution is -2.16. The first-order valence-corrected chi connectivity index (χ1v) is 5.44. The molecule has 0 spiro atoms. The predicted octanol–water partition coefficient (Wildman–Crippen LogP) is 1.05. The highest BCUT2D eigenvalue weighted by Gasteiger charge is 2.11. The van der Waals surface area contributed by atoms with Gasteiger partial charge in [0.25, 0.3) is 11.8 Å². The zero-order chi connectivity index (χ0) is 12.3. The van der Waals surface area contributed by atoms with E-state index < -0.39 is 0 Å². The number of hydrogen-bond acceptors (Lipinski definition) is 6. The fraction of sp³-hybridized carbons (Fsp3) is 0.364. The van der Waals surface area contributed by atoms with Gasteiger partial charge in [-0.05, 0) is 23.7 Å². The van der Waals surface area contributed by atoms with Gasteiger partial charge in [-0.1, -0.05) is 6.07 Å². The maximum Gasteiger partial charge on any atom is 0.278 e. The van der Waals surface area contributed by atoms with Crippen molar-refractivity contribution in [2.24, 2.45) is 5.73 Å². The minimum absolute atomic E-state index is 0.420. The van der Waals surface area contributed by atoms with Crippen LogP contribution in [0.4, 0.5) is 5.95 Å². The zero-order valence-corrected chi connectivity index (χ0v) is 9.92. The molecule has 0 bridgehead atoms. The normalized spacial score (nSPS) is 10.5. The van der Waals surface area contributed by atoms with Crippen molar-refractivity contribution >= 4 is 5.95 Å². The van der Waals surface area contributed by atoms with E-state index in [9.17, 15) is 0 Å². The van der Waals surface area contributed by atoms with Gasteiger partial charge >= 0.3 is 0 Å². The summed E-state index contributed by atoms with van der Waals surface area (Å²) in [5, 5.41) is 3.88. The topological polar surface area (TPSA) is 81.1 Å². The number of rotatable bonds is 4. The molecule has 0 atom stereocenters. The van der Waals surface area contributed by atoms with E-state index in [1.807, 2.05) is 31.0 Å². The average molecular weight is 233 g/mol. The Morgan fingerprint density at radius 1 is 1.41 bits per heavy atom. The molecule has 0 radical (unpaired) electrons. The summed E-state index contributed by atoms with van der Waals surface area (Å²) in [5.41, 5.74) is 7.13. The van der Waals surface area contributed by atoms with E-state index in [-0.39, 0.29) is 0 Å². The molecule has 0 aliphatic carbocycles. The van der Waals surface area contributed by atoms with E-state index in [0.717, 1.165) is 12.1 Å². The van der Waals surface area contributed by atoms with Gasteiger partial charge < -0.3 is 15.2 Å². The number of anilines is 1. The third kappa shape index (κ3) is 2.42. The molecule has 2 aromatic rings. The molecule has 90 valence electrons. The minimum atomic E-state index is 0.420. The molecule has 0 saturated heterocycles. The lowest BCUT2D eigenvalue weighted by Gasteiger charge is -2.08. The van der Waals surface area contributed by atoms with Crippen molar-refractivity contribution in [3.05, 3.63) is 23.9 Å². The van der Waals surface area contributed by atoms with Crippen LogP contribution in [0.25, 0.3) is 11.6 Å². The molecule has 17 heavy (non-hydrogen) atoms. The molecule has 0 aliphatic rings. The van der Waals surface area contributed by atoms with Crippen molar-refractivity contribution in [3.63, 3.8) is 0 Å². The van der Waals surface area contributed by atoms with Crippen LogP contribution < -0.4 is 10.6 Å². The van der Waals surface area contributed by atoms with Gasteiger partial charge in [-0.2, -0.15) is 4.98 Å².